The number of nitrogens with zero attached hydrogens (tertiary/aromatic N) is 6. The number of carbonyl (C=O) groups is 1. The van der Waals surface area contributed by atoms with Crippen LogP contribution in [0.4, 0.5) is 5.69 Å². The van der Waals surface area contributed by atoms with E-state index >= 15 is 0 Å². The Kier molecular flexibility index (Phi) is 5.83. The van der Waals surface area contributed by atoms with E-state index in [2.05, 4.69) is 20.4 Å². The highest BCUT2D eigenvalue weighted by atomic mass is 35.5. The molecule has 0 bridgehead atoms. The van der Waals surface area contributed by atoms with Gasteiger partial charge in [0, 0.05) is 26.2 Å². The lowest BCUT2D eigenvalue weighted by Gasteiger charge is -2.36. The van der Waals surface area contributed by atoms with Crippen LogP contribution in [0.5, 0.6) is 0 Å². The van der Waals surface area contributed by atoms with Crippen molar-refractivity contribution in [3.05, 3.63) is 29.3 Å². The van der Waals surface area contributed by atoms with Crippen molar-refractivity contribution in [1.29, 1.82) is 0 Å². The Labute approximate surface area is 168 Å². The van der Waals surface area contributed by atoms with Crippen LogP contribution >= 0.6 is 23.4 Å². The first-order valence-electron chi connectivity index (χ1n) is 9.40. The van der Waals surface area contributed by atoms with Crippen LogP contribution in [0.15, 0.2) is 29.4 Å². The number of hydrogen-bond acceptors (Lipinski definition) is 6. The van der Waals surface area contributed by atoms with Crippen LogP contribution < -0.4 is 4.90 Å². The maximum atomic E-state index is 12.6. The highest BCUT2D eigenvalue weighted by Gasteiger charge is 2.25. The van der Waals surface area contributed by atoms with Crippen molar-refractivity contribution in [2.45, 2.75) is 36.9 Å². The zero-order valence-corrected chi connectivity index (χ0v) is 16.7. The average molecular weight is 407 g/mol. The fourth-order valence-corrected chi connectivity index (χ4v) is 4.88. The summed E-state index contributed by atoms with van der Waals surface area (Å²) >= 11 is 7.73. The summed E-state index contributed by atoms with van der Waals surface area (Å²) in [6, 6.07) is 8.24. The summed E-state index contributed by atoms with van der Waals surface area (Å²) in [7, 11) is 0. The van der Waals surface area contributed by atoms with Crippen molar-refractivity contribution in [2.75, 3.05) is 36.8 Å². The number of carbonyl (C=O) groups excluding carboxylic acids is 1. The number of thioether (sulfide) groups is 1. The molecule has 7 nitrogen and oxygen atoms in total. The molecule has 1 aromatic carbocycles. The van der Waals surface area contributed by atoms with E-state index in [-0.39, 0.29) is 5.91 Å². The molecule has 4 rings (SSSR count). The lowest BCUT2D eigenvalue weighted by Crippen LogP contribution is -2.49. The number of piperazine rings is 1. The summed E-state index contributed by atoms with van der Waals surface area (Å²) in [5.41, 5.74) is 1.04. The van der Waals surface area contributed by atoms with Crippen LogP contribution in [0.3, 0.4) is 0 Å². The average Bonchev–Trinajstić information content (AvgIpc) is 3.38. The van der Waals surface area contributed by atoms with Crippen LogP contribution in [-0.2, 0) is 4.79 Å². The van der Waals surface area contributed by atoms with Gasteiger partial charge in [-0.15, -0.1) is 5.10 Å². The molecular weight excluding hydrogens is 384 g/mol. The van der Waals surface area contributed by atoms with E-state index in [9.17, 15) is 4.79 Å². The zero-order chi connectivity index (χ0) is 18.6. The van der Waals surface area contributed by atoms with Gasteiger partial charge >= 0.3 is 0 Å². The van der Waals surface area contributed by atoms with E-state index in [1.54, 1.807) is 0 Å². The molecule has 0 radical (unpaired) electrons. The van der Waals surface area contributed by atoms with Gasteiger partial charge in [0.25, 0.3) is 0 Å². The summed E-state index contributed by atoms with van der Waals surface area (Å²) in [6.07, 6.45) is 4.69. The number of amides is 1. The first-order chi connectivity index (χ1) is 13.2. The molecular formula is C18H23ClN6OS. The summed E-state index contributed by atoms with van der Waals surface area (Å²) < 4.78 is 1.90. The topological polar surface area (TPSA) is 67.2 Å². The van der Waals surface area contributed by atoms with Crippen molar-refractivity contribution in [2.24, 2.45) is 0 Å². The van der Waals surface area contributed by atoms with E-state index < -0.39 is 0 Å². The second kappa shape index (κ2) is 8.48. The Morgan fingerprint density at radius 1 is 1.15 bits per heavy atom. The molecule has 2 fully saturated rings. The summed E-state index contributed by atoms with van der Waals surface area (Å²) in [5, 5.41) is 13.6. The largest absolute Gasteiger partial charge is 0.367 e. The van der Waals surface area contributed by atoms with Gasteiger partial charge in [0.15, 0.2) is 0 Å². The van der Waals surface area contributed by atoms with E-state index in [1.807, 2.05) is 33.8 Å². The van der Waals surface area contributed by atoms with Gasteiger partial charge in [-0.05, 0) is 35.4 Å². The maximum Gasteiger partial charge on any atom is 0.233 e. The lowest BCUT2D eigenvalue weighted by atomic mass is 10.2. The number of aromatic nitrogens is 4. The molecule has 1 saturated carbocycles. The van der Waals surface area contributed by atoms with Crippen LogP contribution in [0.25, 0.3) is 0 Å². The third-order valence-electron chi connectivity index (χ3n) is 5.28. The molecule has 1 aromatic heterocycles. The molecule has 1 aliphatic carbocycles. The highest BCUT2D eigenvalue weighted by molar-refractivity contribution is 7.99. The Hall–Kier alpha value is -1.80. The molecule has 2 aromatic rings. The predicted octanol–water partition coefficient (Wildman–Crippen LogP) is 2.88. The molecule has 2 heterocycles. The highest BCUT2D eigenvalue weighted by Crippen LogP contribution is 2.31. The lowest BCUT2D eigenvalue weighted by molar-refractivity contribution is -0.128. The molecule has 0 atom stereocenters. The van der Waals surface area contributed by atoms with Crippen molar-refractivity contribution >= 4 is 35.0 Å². The fourth-order valence-electron chi connectivity index (χ4n) is 3.78. The van der Waals surface area contributed by atoms with Gasteiger partial charge in [0.05, 0.1) is 22.5 Å². The minimum Gasteiger partial charge on any atom is -0.367 e. The minimum absolute atomic E-state index is 0.139. The molecule has 1 saturated heterocycles. The van der Waals surface area contributed by atoms with Gasteiger partial charge in [0.1, 0.15) is 0 Å². The molecule has 0 unspecified atom stereocenters. The van der Waals surface area contributed by atoms with Crippen molar-refractivity contribution in [1.82, 2.24) is 25.1 Å². The second-order valence-corrected chi connectivity index (χ2v) is 8.30. The van der Waals surface area contributed by atoms with Gasteiger partial charge in [0.2, 0.25) is 11.1 Å². The number of benzene rings is 1. The van der Waals surface area contributed by atoms with Crippen molar-refractivity contribution in [3.63, 3.8) is 0 Å². The molecule has 1 aliphatic heterocycles. The third kappa shape index (κ3) is 4.21. The molecule has 2 aliphatic rings. The zero-order valence-electron chi connectivity index (χ0n) is 15.1. The van der Waals surface area contributed by atoms with E-state index in [1.165, 1.54) is 24.6 Å². The van der Waals surface area contributed by atoms with Crippen LogP contribution in [-0.4, -0.2) is 62.9 Å². The first-order valence-corrected chi connectivity index (χ1v) is 10.8. The Balaban J connectivity index is 1.29. The standard InChI is InChI=1S/C18H23ClN6OS/c19-15-7-3-4-8-16(15)23-9-11-24(12-10-23)17(26)13-27-18-20-21-22-25(18)14-5-1-2-6-14/h3-4,7-8,14H,1-2,5-6,9-13H2. The Morgan fingerprint density at radius 3 is 2.63 bits per heavy atom. The first kappa shape index (κ1) is 18.6. The molecule has 1 amide bonds. The molecule has 27 heavy (non-hydrogen) atoms. The van der Waals surface area contributed by atoms with Gasteiger partial charge in [-0.2, -0.15) is 0 Å². The van der Waals surface area contributed by atoms with Crippen LogP contribution in [0.1, 0.15) is 31.7 Å². The van der Waals surface area contributed by atoms with E-state index in [4.69, 9.17) is 11.6 Å². The Morgan fingerprint density at radius 2 is 1.89 bits per heavy atom. The van der Waals surface area contributed by atoms with Crippen LogP contribution in [0, 0.1) is 0 Å². The number of halogens is 1. The minimum atomic E-state index is 0.139. The number of hydrogen-bond donors (Lipinski definition) is 0. The molecule has 0 N–H and O–H groups in total. The summed E-state index contributed by atoms with van der Waals surface area (Å²) in [4.78, 5) is 16.8. The monoisotopic (exact) mass is 406 g/mol. The van der Waals surface area contributed by atoms with Gasteiger partial charge < -0.3 is 9.80 Å². The third-order valence-corrected chi connectivity index (χ3v) is 6.52. The number of tetrazole rings is 1. The van der Waals surface area contributed by atoms with Crippen molar-refractivity contribution in [3.8, 4) is 0 Å². The molecule has 144 valence electrons. The fraction of sp³-hybridized carbons (Fsp3) is 0.556. The quantitative estimate of drug-likeness (QED) is 0.711. The van der Waals surface area contributed by atoms with Gasteiger partial charge in [-0.1, -0.05) is 48.3 Å². The number of rotatable bonds is 5. The van der Waals surface area contributed by atoms with E-state index in [0.29, 0.717) is 24.9 Å². The molecule has 9 heteroatoms. The summed E-state index contributed by atoms with van der Waals surface area (Å²) in [6.45, 7) is 3.00. The van der Waals surface area contributed by atoms with E-state index in [0.717, 1.165) is 41.8 Å². The van der Waals surface area contributed by atoms with Crippen molar-refractivity contribution < 1.29 is 4.79 Å². The van der Waals surface area contributed by atoms with Gasteiger partial charge in [-0.3, -0.25) is 4.79 Å². The normalized spacial score (nSPS) is 18.3. The Bertz CT molecular complexity index is 786. The molecule has 0 spiro atoms. The number of anilines is 1. The SMILES string of the molecule is O=C(CSc1nnnn1C1CCCC1)N1CCN(c2ccccc2Cl)CC1. The predicted molar refractivity (Wildman–Crippen MR) is 106 cm³/mol. The smallest absolute Gasteiger partial charge is 0.233 e. The van der Waals surface area contributed by atoms with Gasteiger partial charge in [-0.25, -0.2) is 4.68 Å². The number of para-hydroxylation sites is 1. The maximum absolute atomic E-state index is 12.6. The summed E-state index contributed by atoms with van der Waals surface area (Å²) in [5.74, 6) is 0.513. The second-order valence-electron chi connectivity index (χ2n) is 6.95. The van der Waals surface area contributed by atoms with Crippen LogP contribution in [0.2, 0.25) is 5.02 Å².